The number of carbonyl (C=O) groups is 3. The van der Waals surface area contributed by atoms with E-state index in [9.17, 15) is 14.4 Å². The minimum absolute atomic E-state index is 0.0913. The molecule has 0 saturated carbocycles. The number of carbonyl (C=O) groups excluding carboxylic acids is 3. The Morgan fingerprint density at radius 2 is 2.00 bits per heavy atom. The molecule has 1 aliphatic rings. The molecule has 5 nitrogen and oxygen atoms in total. The highest BCUT2D eigenvalue weighted by Crippen LogP contribution is 2.09. The van der Waals surface area contributed by atoms with Gasteiger partial charge in [0.15, 0.2) is 0 Å². The first-order chi connectivity index (χ1) is 5.63. The van der Waals surface area contributed by atoms with Gasteiger partial charge in [0.25, 0.3) is 0 Å². The van der Waals surface area contributed by atoms with E-state index in [1.807, 2.05) is 5.32 Å². The van der Waals surface area contributed by atoms with Gasteiger partial charge in [-0.3, -0.25) is 20.2 Å². The van der Waals surface area contributed by atoms with Gasteiger partial charge in [-0.15, -0.1) is 0 Å². The molecule has 0 aliphatic carbocycles. The van der Waals surface area contributed by atoms with E-state index in [0.29, 0.717) is 6.42 Å². The number of amides is 4. The van der Waals surface area contributed by atoms with Gasteiger partial charge < -0.3 is 0 Å². The molecule has 0 aromatic heterocycles. The molecule has 12 heavy (non-hydrogen) atoms. The molecule has 0 bridgehead atoms. The third-order valence-corrected chi connectivity index (χ3v) is 1.79. The van der Waals surface area contributed by atoms with Crippen LogP contribution in [0.3, 0.4) is 0 Å². The summed E-state index contributed by atoms with van der Waals surface area (Å²) in [5, 5.41) is 4.09. The van der Waals surface area contributed by atoms with Crippen LogP contribution in [0.1, 0.15) is 19.8 Å². The zero-order valence-electron chi connectivity index (χ0n) is 6.72. The lowest BCUT2D eigenvalue weighted by molar-refractivity contribution is -0.127. The summed E-state index contributed by atoms with van der Waals surface area (Å²) < 4.78 is 0. The van der Waals surface area contributed by atoms with E-state index >= 15 is 0 Å². The Labute approximate surface area is 69.5 Å². The van der Waals surface area contributed by atoms with Crippen LogP contribution in [0.2, 0.25) is 0 Å². The van der Waals surface area contributed by atoms with Crippen LogP contribution in [-0.2, 0) is 9.59 Å². The Balaban J connectivity index is 2.74. The van der Waals surface area contributed by atoms with Gasteiger partial charge in [-0.2, -0.15) is 0 Å². The molecule has 1 fully saturated rings. The smallest absolute Gasteiger partial charge is 0.278 e. The SMILES string of the molecule is CCC1CC(=O)NC(=O)NC1=O. The van der Waals surface area contributed by atoms with Crippen LogP contribution in [0.25, 0.3) is 0 Å². The van der Waals surface area contributed by atoms with Crippen LogP contribution in [0.4, 0.5) is 4.79 Å². The Morgan fingerprint density at radius 1 is 1.33 bits per heavy atom. The Hall–Kier alpha value is -1.39. The molecule has 0 aromatic carbocycles. The van der Waals surface area contributed by atoms with Crippen molar-refractivity contribution in [2.75, 3.05) is 0 Å². The maximum absolute atomic E-state index is 11.1. The summed E-state index contributed by atoms with van der Waals surface area (Å²) in [6.07, 6.45) is 0.653. The van der Waals surface area contributed by atoms with E-state index in [-0.39, 0.29) is 18.2 Å². The molecular weight excluding hydrogens is 160 g/mol. The number of hydrogen-bond donors (Lipinski definition) is 2. The summed E-state index contributed by atoms with van der Waals surface area (Å²) in [6.45, 7) is 1.80. The minimum Gasteiger partial charge on any atom is -0.278 e. The Morgan fingerprint density at radius 3 is 2.58 bits per heavy atom. The average Bonchev–Trinajstić information content (AvgIpc) is 2.09. The van der Waals surface area contributed by atoms with Crippen LogP contribution in [0.15, 0.2) is 0 Å². The van der Waals surface area contributed by atoms with Crippen molar-refractivity contribution < 1.29 is 14.4 Å². The largest absolute Gasteiger partial charge is 0.328 e. The molecule has 0 aromatic rings. The van der Waals surface area contributed by atoms with Gasteiger partial charge in [0.05, 0.1) is 0 Å². The van der Waals surface area contributed by atoms with Crippen molar-refractivity contribution in [3.63, 3.8) is 0 Å². The van der Waals surface area contributed by atoms with Crippen LogP contribution in [0, 0.1) is 5.92 Å². The third kappa shape index (κ3) is 1.81. The molecule has 2 N–H and O–H groups in total. The number of nitrogens with one attached hydrogen (secondary N) is 2. The summed E-state index contributed by atoms with van der Waals surface area (Å²) in [7, 11) is 0. The molecule has 0 radical (unpaired) electrons. The predicted molar refractivity (Wildman–Crippen MR) is 40.1 cm³/mol. The van der Waals surface area contributed by atoms with E-state index < -0.39 is 11.9 Å². The van der Waals surface area contributed by atoms with Crippen molar-refractivity contribution in [2.24, 2.45) is 5.92 Å². The van der Waals surface area contributed by atoms with Gasteiger partial charge in [0, 0.05) is 12.3 Å². The Bertz CT molecular complexity index is 237. The molecule has 5 heteroatoms. The first-order valence-electron chi connectivity index (χ1n) is 3.78. The van der Waals surface area contributed by atoms with E-state index in [4.69, 9.17) is 0 Å². The molecule has 1 aliphatic heterocycles. The quantitative estimate of drug-likeness (QED) is 0.570. The van der Waals surface area contributed by atoms with Crippen LogP contribution >= 0.6 is 0 Å². The summed E-state index contributed by atoms with van der Waals surface area (Å²) in [5.41, 5.74) is 0. The summed E-state index contributed by atoms with van der Waals surface area (Å²) >= 11 is 0. The summed E-state index contributed by atoms with van der Waals surface area (Å²) in [6, 6.07) is -0.721. The zero-order valence-corrected chi connectivity index (χ0v) is 6.72. The normalized spacial score (nSPS) is 24.4. The highest BCUT2D eigenvalue weighted by atomic mass is 16.2. The van der Waals surface area contributed by atoms with Crippen LogP contribution in [-0.4, -0.2) is 17.8 Å². The second-order valence-electron chi connectivity index (χ2n) is 2.68. The Kier molecular flexibility index (Phi) is 2.42. The van der Waals surface area contributed by atoms with E-state index in [2.05, 4.69) is 5.32 Å². The van der Waals surface area contributed by atoms with Gasteiger partial charge in [0.2, 0.25) is 11.8 Å². The monoisotopic (exact) mass is 170 g/mol. The van der Waals surface area contributed by atoms with Crippen LogP contribution in [0.5, 0.6) is 0 Å². The van der Waals surface area contributed by atoms with E-state index in [0.717, 1.165) is 0 Å². The fourth-order valence-electron chi connectivity index (χ4n) is 1.07. The number of urea groups is 1. The topological polar surface area (TPSA) is 75.3 Å². The van der Waals surface area contributed by atoms with E-state index in [1.165, 1.54) is 0 Å². The van der Waals surface area contributed by atoms with Crippen molar-refractivity contribution in [1.29, 1.82) is 0 Å². The molecule has 1 rings (SSSR count). The fraction of sp³-hybridized carbons (Fsp3) is 0.571. The van der Waals surface area contributed by atoms with Gasteiger partial charge in [0.1, 0.15) is 0 Å². The molecule has 1 unspecified atom stereocenters. The lowest BCUT2D eigenvalue weighted by atomic mass is 10.0. The second kappa shape index (κ2) is 3.34. The van der Waals surface area contributed by atoms with Gasteiger partial charge in [-0.05, 0) is 6.42 Å². The predicted octanol–water partition coefficient (Wildman–Crippen LogP) is -0.231. The average molecular weight is 170 g/mol. The van der Waals surface area contributed by atoms with Crippen molar-refractivity contribution in [3.05, 3.63) is 0 Å². The highest BCUT2D eigenvalue weighted by Gasteiger charge is 2.26. The van der Waals surface area contributed by atoms with Gasteiger partial charge in [-0.25, -0.2) is 4.79 Å². The summed E-state index contributed by atoms with van der Waals surface area (Å²) in [4.78, 5) is 32.7. The number of imide groups is 2. The lowest BCUT2D eigenvalue weighted by Crippen LogP contribution is -2.39. The molecule has 1 atom stereocenters. The fourth-order valence-corrected chi connectivity index (χ4v) is 1.07. The zero-order chi connectivity index (χ0) is 9.14. The first kappa shape index (κ1) is 8.70. The van der Waals surface area contributed by atoms with Crippen molar-refractivity contribution >= 4 is 17.8 Å². The standard InChI is InChI=1S/C7H10N2O3/c1-2-4-3-5(10)8-7(12)9-6(4)11/h4H,2-3H2,1H3,(H2,8,9,10,11,12). The van der Waals surface area contributed by atoms with Crippen molar-refractivity contribution in [2.45, 2.75) is 19.8 Å². The summed E-state index contributed by atoms with van der Waals surface area (Å²) in [5.74, 6) is -1.15. The maximum Gasteiger partial charge on any atom is 0.328 e. The molecule has 4 amide bonds. The van der Waals surface area contributed by atoms with Crippen molar-refractivity contribution in [3.8, 4) is 0 Å². The third-order valence-electron chi connectivity index (χ3n) is 1.79. The van der Waals surface area contributed by atoms with Crippen LogP contribution < -0.4 is 10.6 Å². The molecule has 1 saturated heterocycles. The minimum atomic E-state index is -0.721. The number of hydrogen-bond acceptors (Lipinski definition) is 3. The molecule has 66 valence electrons. The van der Waals surface area contributed by atoms with Gasteiger partial charge >= 0.3 is 6.03 Å². The molecular formula is C7H10N2O3. The molecule has 0 spiro atoms. The number of rotatable bonds is 1. The molecule has 1 heterocycles. The first-order valence-corrected chi connectivity index (χ1v) is 3.78. The second-order valence-corrected chi connectivity index (χ2v) is 2.68. The highest BCUT2D eigenvalue weighted by molar-refractivity contribution is 6.06. The van der Waals surface area contributed by atoms with Crippen molar-refractivity contribution in [1.82, 2.24) is 10.6 Å². The maximum atomic E-state index is 11.1. The van der Waals surface area contributed by atoms with E-state index in [1.54, 1.807) is 6.92 Å². The lowest BCUT2D eigenvalue weighted by Gasteiger charge is -2.05. The van der Waals surface area contributed by atoms with Gasteiger partial charge in [-0.1, -0.05) is 6.92 Å².